The average molecular weight is 511 g/mol. The van der Waals surface area contributed by atoms with E-state index in [9.17, 15) is 0 Å². The van der Waals surface area contributed by atoms with E-state index in [0.29, 0.717) is 0 Å². The van der Waals surface area contributed by atoms with Crippen LogP contribution in [0.15, 0.2) is 134 Å². The van der Waals surface area contributed by atoms with Crippen molar-refractivity contribution in [1.82, 2.24) is 19.1 Å². The van der Waals surface area contributed by atoms with Crippen molar-refractivity contribution in [3.05, 3.63) is 134 Å². The van der Waals surface area contributed by atoms with Crippen LogP contribution >= 0.6 is 0 Å². The van der Waals surface area contributed by atoms with Gasteiger partial charge in [-0.2, -0.15) is 0 Å². The molecule has 0 unspecified atom stereocenters. The lowest BCUT2D eigenvalue weighted by atomic mass is 10.1. The molecular weight excluding hydrogens is 488 g/mol. The summed E-state index contributed by atoms with van der Waals surface area (Å²) in [5.41, 5.74) is 7.63. The van der Waals surface area contributed by atoms with Crippen LogP contribution in [0.3, 0.4) is 0 Å². The van der Waals surface area contributed by atoms with Crippen molar-refractivity contribution in [1.29, 1.82) is 0 Å². The minimum absolute atomic E-state index is 0.884. The third kappa shape index (κ3) is 2.85. The largest absolute Gasteiger partial charge is 0.307 e. The third-order valence-electron chi connectivity index (χ3n) is 8.13. The van der Waals surface area contributed by atoms with E-state index in [2.05, 4.69) is 130 Å². The molecule has 186 valence electrons. The number of aromatic nitrogens is 4. The van der Waals surface area contributed by atoms with Gasteiger partial charge < -0.3 is 4.57 Å². The lowest BCUT2D eigenvalue weighted by molar-refractivity contribution is 1.10. The number of fused-ring (bicyclic) bond motifs is 10. The second-order valence-electron chi connectivity index (χ2n) is 10.3. The van der Waals surface area contributed by atoms with Crippen LogP contribution in [0.1, 0.15) is 0 Å². The van der Waals surface area contributed by atoms with Gasteiger partial charge in [-0.25, -0.2) is 4.98 Å². The molecule has 0 amide bonds. The van der Waals surface area contributed by atoms with Gasteiger partial charge in [0.25, 0.3) is 0 Å². The second kappa shape index (κ2) is 8.01. The van der Waals surface area contributed by atoms with Crippen molar-refractivity contribution < 1.29 is 0 Å². The van der Waals surface area contributed by atoms with Crippen molar-refractivity contribution in [2.75, 3.05) is 0 Å². The van der Waals surface area contributed by atoms with E-state index in [1.165, 1.54) is 32.6 Å². The summed E-state index contributed by atoms with van der Waals surface area (Å²) >= 11 is 0. The average Bonchev–Trinajstić information content (AvgIpc) is 3.54. The molecule has 0 saturated heterocycles. The van der Waals surface area contributed by atoms with Gasteiger partial charge in [0, 0.05) is 44.2 Å². The fourth-order valence-corrected chi connectivity index (χ4v) is 6.42. The van der Waals surface area contributed by atoms with Crippen LogP contribution < -0.4 is 0 Å². The van der Waals surface area contributed by atoms with Gasteiger partial charge in [0.15, 0.2) is 0 Å². The lowest BCUT2D eigenvalue weighted by Gasteiger charge is -2.12. The number of hydrogen-bond acceptors (Lipinski definition) is 2. The highest BCUT2D eigenvalue weighted by atomic mass is 15.1. The molecule has 4 aromatic heterocycles. The Labute approximate surface area is 229 Å². The molecule has 0 bridgehead atoms. The van der Waals surface area contributed by atoms with Crippen molar-refractivity contribution in [3.8, 4) is 11.5 Å². The molecule has 0 aliphatic rings. The fraction of sp³-hybridized carbons (Fsp3) is 0. The summed E-state index contributed by atoms with van der Waals surface area (Å²) < 4.78 is 4.74. The summed E-state index contributed by atoms with van der Waals surface area (Å²) in [6, 6.07) is 45.2. The first kappa shape index (κ1) is 21.5. The number of hydrogen-bond donors (Lipinski definition) is 0. The maximum Gasteiger partial charge on any atom is 0.138 e. The van der Waals surface area contributed by atoms with Crippen LogP contribution in [0.5, 0.6) is 0 Å². The van der Waals surface area contributed by atoms with Crippen molar-refractivity contribution >= 4 is 65.4 Å². The monoisotopic (exact) mass is 510 g/mol. The second-order valence-corrected chi connectivity index (χ2v) is 10.3. The van der Waals surface area contributed by atoms with Crippen LogP contribution in [0.4, 0.5) is 0 Å². The molecule has 0 spiro atoms. The number of benzene rings is 5. The van der Waals surface area contributed by atoms with Gasteiger partial charge in [-0.15, -0.1) is 0 Å². The predicted octanol–water partition coefficient (Wildman–Crippen LogP) is 8.98. The van der Waals surface area contributed by atoms with Crippen LogP contribution in [0.2, 0.25) is 0 Å². The van der Waals surface area contributed by atoms with Crippen molar-refractivity contribution in [2.45, 2.75) is 0 Å². The molecule has 4 nitrogen and oxygen atoms in total. The van der Waals surface area contributed by atoms with Crippen LogP contribution in [-0.4, -0.2) is 19.1 Å². The Morgan fingerprint density at radius 1 is 0.425 bits per heavy atom. The Hall–Kier alpha value is -5.48. The molecule has 0 atom stereocenters. The van der Waals surface area contributed by atoms with E-state index in [1.54, 1.807) is 0 Å². The molecule has 0 aliphatic heterocycles. The fourth-order valence-electron chi connectivity index (χ4n) is 6.42. The molecule has 0 radical (unpaired) electrons. The van der Waals surface area contributed by atoms with Crippen molar-refractivity contribution in [2.24, 2.45) is 0 Å². The van der Waals surface area contributed by atoms with Gasteiger partial charge in [0.05, 0.1) is 33.1 Å². The highest BCUT2D eigenvalue weighted by molar-refractivity contribution is 6.23. The summed E-state index contributed by atoms with van der Waals surface area (Å²) in [5.74, 6) is 0.884. The lowest BCUT2D eigenvalue weighted by Crippen LogP contribution is -2.01. The van der Waals surface area contributed by atoms with Gasteiger partial charge in [0.2, 0.25) is 0 Å². The Morgan fingerprint density at radius 3 is 1.77 bits per heavy atom. The number of para-hydroxylation sites is 3. The zero-order valence-electron chi connectivity index (χ0n) is 21.5. The summed E-state index contributed by atoms with van der Waals surface area (Å²) in [4.78, 5) is 10.0. The van der Waals surface area contributed by atoms with E-state index >= 15 is 0 Å². The van der Waals surface area contributed by atoms with Gasteiger partial charge in [-0.1, -0.05) is 84.9 Å². The quantitative estimate of drug-likeness (QED) is 0.218. The summed E-state index contributed by atoms with van der Waals surface area (Å²) in [6.45, 7) is 0. The number of nitrogens with zero attached hydrogens (tertiary/aromatic N) is 4. The van der Waals surface area contributed by atoms with E-state index < -0.39 is 0 Å². The first-order chi connectivity index (χ1) is 19.9. The van der Waals surface area contributed by atoms with E-state index in [4.69, 9.17) is 9.97 Å². The summed E-state index contributed by atoms with van der Waals surface area (Å²) in [6.07, 6.45) is 1.85. The minimum Gasteiger partial charge on any atom is -0.307 e. The zero-order valence-corrected chi connectivity index (χ0v) is 21.5. The molecule has 0 aliphatic carbocycles. The molecule has 0 saturated carbocycles. The molecule has 4 heteroatoms. The molecule has 9 aromatic rings. The van der Waals surface area contributed by atoms with Gasteiger partial charge in [-0.05, 0) is 42.5 Å². The first-order valence-electron chi connectivity index (χ1n) is 13.5. The van der Waals surface area contributed by atoms with Crippen LogP contribution in [0.25, 0.3) is 76.9 Å². The van der Waals surface area contributed by atoms with E-state index in [0.717, 1.165) is 44.3 Å². The minimum atomic E-state index is 0.884. The Kier molecular flexibility index (Phi) is 4.30. The zero-order chi connectivity index (χ0) is 26.2. The maximum atomic E-state index is 5.30. The molecule has 4 heterocycles. The van der Waals surface area contributed by atoms with Crippen LogP contribution in [0, 0.1) is 0 Å². The molecular formula is C36H22N4. The molecule has 5 aromatic carbocycles. The smallest absolute Gasteiger partial charge is 0.138 e. The SMILES string of the molecule is c1ccc(-n2c3ccccc3c3ccc4c5ccccc5n(-c5ccc6ccc7cccnc7c6n5)c4c32)cc1. The highest BCUT2D eigenvalue weighted by Gasteiger charge is 2.21. The Balaban J connectivity index is 1.51. The predicted molar refractivity (Wildman–Crippen MR) is 166 cm³/mol. The number of rotatable bonds is 2. The molecule has 0 fully saturated rings. The first-order valence-corrected chi connectivity index (χ1v) is 13.5. The normalized spacial score (nSPS) is 12.0. The van der Waals surface area contributed by atoms with Crippen molar-refractivity contribution in [3.63, 3.8) is 0 Å². The Bertz CT molecular complexity index is 2430. The van der Waals surface area contributed by atoms with Crippen LogP contribution in [-0.2, 0) is 0 Å². The van der Waals surface area contributed by atoms with E-state index in [1.807, 2.05) is 12.3 Å². The number of pyridine rings is 2. The standard InChI is InChI=1S/C36H22N4/c1-2-10-25(11-3-1)39-30-14-6-4-12-26(30)28-19-20-29-27-13-5-7-15-31(27)40(36(29)35(28)39)32-21-18-24-17-16-23-9-8-22-37-33(23)34(24)38-32/h1-22H. The van der Waals surface area contributed by atoms with Gasteiger partial charge in [-0.3, -0.25) is 9.55 Å². The van der Waals surface area contributed by atoms with E-state index in [-0.39, 0.29) is 0 Å². The molecule has 0 N–H and O–H groups in total. The highest BCUT2D eigenvalue weighted by Crippen LogP contribution is 2.41. The Morgan fingerprint density at radius 2 is 1.02 bits per heavy atom. The van der Waals surface area contributed by atoms with Gasteiger partial charge in [0.1, 0.15) is 5.82 Å². The maximum absolute atomic E-state index is 5.30. The summed E-state index contributed by atoms with van der Waals surface area (Å²) in [5, 5.41) is 7.06. The summed E-state index contributed by atoms with van der Waals surface area (Å²) in [7, 11) is 0. The molecule has 9 rings (SSSR count). The molecule has 40 heavy (non-hydrogen) atoms. The third-order valence-corrected chi connectivity index (χ3v) is 8.13. The topological polar surface area (TPSA) is 35.6 Å². The van der Waals surface area contributed by atoms with Gasteiger partial charge >= 0.3 is 0 Å².